The van der Waals surface area contributed by atoms with E-state index in [1.807, 2.05) is 13.8 Å². The van der Waals surface area contributed by atoms with Crippen LogP contribution in [0.4, 0.5) is 5.13 Å². The zero-order valence-corrected chi connectivity index (χ0v) is 20.9. The monoisotopic (exact) mass is 491 g/mol. The van der Waals surface area contributed by atoms with E-state index in [2.05, 4.69) is 9.88 Å². The predicted molar refractivity (Wildman–Crippen MR) is 131 cm³/mol. The number of sulfone groups is 1. The first kappa shape index (κ1) is 24.9. The maximum Gasteiger partial charge on any atom is 0.244 e. The normalized spacial score (nSPS) is 11.7. The van der Waals surface area contributed by atoms with Gasteiger partial charge in [0, 0.05) is 13.1 Å². The number of hydrogen-bond acceptors (Lipinski definition) is 8. The van der Waals surface area contributed by atoms with Crippen molar-refractivity contribution in [2.45, 2.75) is 18.7 Å². The van der Waals surface area contributed by atoms with Gasteiger partial charge in [0.15, 0.2) is 15.0 Å². The van der Waals surface area contributed by atoms with Crippen molar-refractivity contribution in [2.24, 2.45) is 0 Å². The summed E-state index contributed by atoms with van der Waals surface area (Å²) < 4.78 is 37.4. The number of fused-ring (bicyclic) bond motifs is 1. The molecule has 0 spiro atoms. The molecule has 0 radical (unpaired) electrons. The fourth-order valence-electron chi connectivity index (χ4n) is 3.45. The Morgan fingerprint density at radius 1 is 0.970 bits per heavy atom. The molecular weight excluding hydrogens is 462 g/mol. The van der Waals surface area contributed by atoms with Gasteiger partial charge in [-0.3, -0.25) is 9.69 Å². The Balaban J connectivity index is 2.00. The lowest BCUT2D eigenvalue weighted by molar-refractivity contribution is -0.116. The Morgan fingerprint density at radius 3 is 2.21 bits per heavy atom. The van der Waals surface area contributed by atoms with Crippen molar-refractivity contribution in [1.82, 2.24) is 9.88 Å². The summed E-state index contributed by atoms with van der Waals surface area (Å²) in [4.78, 5) is 21.7. The van der Waals surface area contributed by atoms with E-state index in [1.54, 1.807) is 44.6 Å². The molecule has 0 aliphatic heterocycles. The number of rotatable bonds is 11. The fraction of sp³-hybridized carbons (Fsp3) is 0.391. The molecule has 1 amide bonds. The molecule has 3 rings (SSSR count). The van der Waals surface area contributed by atoms with Gasteiger partial charge in [0.05, 0.1) is 19.1 Å². The van der Waals surface area contributed by atoms with Crippen LogP contribution < -0.4 is 14.4 Å². The van der Waals surface area contributed by atoms with Gasteiger partial charge in [-0.2, -0.15) is 0 Å². The van der Waals surface area contributed by atoms with Crippen LogP contribution in [0.3, 0.4) is 0 Å². The largest absolute Gasteiger partial charge is 0.495 e. The predicted octanol–water partition coefficient (Wildman–Crippen LogP) is 3.46. The number of thiazole rings is 1. The SMILES string of the molecule is CCN(CC)CCN(C(=O)CS(=O)(=O)c1ccccc1)c1nc2c(OC)ccc(OC)c2s1. The highest BCUT2D eigenvalue weighted by molar-refractivity contribution is 7.92. The third-order valence-electron chi connectivity index (χ3n) is 5.38. The molecule has 0 aliphatic rings. The average Bonchev–Trinajstić information content (AvgIpc) is 3.26. The molecule has 178 valence electrons. The number of nitrogens with zero attached hydrogens (tertiary/aromatic N) is 3. The lowest BCUT2D eigenvalue weighted by Crippen LogP contribution is -2.41. The van der Waals surface area contributed by atoms with Crippen molar-refractivity contribution in [2.75, 3.05) is 51.1 Å². The zero-order valence-electron chi connectivity index (χ0n) is 19.3. The van der Waals surface area contributed by atoms with Crippen LogP contribution in [0.15, 0.2) is 47.4 Å². The van der Waals surface area contributed by atoms with E-state index >= 15 is 0 Å². The highest BCUT2D eigenvalue weighted by Crippen LogP contribution is 2.40. The van der Waals surface area contributed by atoms with Crippen molar-refractivity contribution in [3.05, 3.63) is 42.5 Å². The van der Waals surface area contributed by atoms with E-state index in [1.165, 1.54) is 28.4 Å². The summed E-state index contributed by atoms with van der Waals surface area (Å²) in [5, 5.41) is 0.410. The molecule has 0 aliphatic carbocycles. The van der Waals surface area contributed by atoms with Gasteiger partial charge in [0.2, 0.25) is 5.91 Å². The first-order valence-corrected chi connectivity index (χ1v) is 13.1. The minimum absolute atomic E-state index is 0.120. The van der Waals surface area contributed by atoms with Crippen LogP contribution >= 0.6 is 11.3 Å². The molecule has 8 nitrogen and oxygen atoms in total. The van der Waals surface area contributed by atoms with E-state index in [0.717, 1.165) is 17.8 Å². The summed E-state index contributed by atoms with van der Waals surface area (Å²) in [6, 6.07) is 11.5. The minimum Gasteiger partial charge on any atom is -0.495 e. The van der Waals surface area contributed by atoms with Gasteiger partial charge < -0.3 is 14.4 Å². The van der Waals surface area contributed by atoms with Crippen LogP contribution in [0.5, 0.6) is 11.5 Å². The van der Waals surface area contributed by atoms with Crippen molar-refractivity contribution < 1.29 is 22.7 Å². The number of likely N-dealkylation sites (N-methyl/N-ethyl adjacent to an activating group) is 1. The lowest BCUT2D eigenvalue weighted by Gasteiger charge is -2.24. The summed E-state index contributed by atoms with van der Waals surface area (Å²) in [6.07, 6.45) is 0. The van der Waals surface area contributed by atoms with Crippen LogP contribution in [0.25, 0.3) is 10.2 Å². The molecule has 0 unspecified atom stereocenters. The number of methoxy groups -OCH3 is 2. The standard InChI is InChI=1S/C23H29N3O5S2/c1-5-25(6-2)14-15-26(20(27)16-33(28,29)17-10-8-7-9-11-17)23-24-21-18(30-3)12-13-19(31-4)22(21)32-23/h7-13H,5-6,14-16H2,1-4H3. The molecule has 0 N–H and O–H groups in total. The number of anilines is 1. The quantitative estimate of drug-likeness (QED) is 0.406. The highest BCUT2D eigenvalue weighted by atomic mass is 32.2. The van der Waals surface area contributed by atoms with Gasteiger partial charge in [0.1, 0.15) is 27.5 Å². The van der Waals surface area contributed by atoms with Crippen LogP contribution in [0, 0.1) is 0 Å². The van der Waals surface area contributed by atoms with Crippen molar-refractivity contribution in [1.29, 1.82) is 0 Å². The van der Waals surface area contributed by atoms with Gasteiger partial charge in [-0.1, -0.05) is 43.4 Å². The first-order valence-electron chi connectivity index (χ1n) is 10.7. The Hall–Kier alpha value is -2.69. The molecular formula is C23H29N3O5S2. The van der Waals surface area contributed by atoms with Gasteiger partial charge in [-0.15, -0.1) is 0 Å². The molecule has 33 heavy (non-hydrogen) atoms. The Labute approximate surface area is 198 Å². The van der Waals surface area contributed by atoms with Gasteiger partial charge in [-0.25, -0.2) is 13.4 Å². The highest BCUT2D eigenvalue weighted by Gasteiger charge is 2.27. The van der Waals surface area contributed by atoms with Crippen LogP contribution in [0.1, 0.15) is 13.8 Å². The molecule has 0 saturated heterocycles. The maximum absolute atomic E-state index is 13.3. The summed E-state index contributed by atoms with van der Waals surface area (Å²) in [6.45, 7) is 6.64. The van der Waals surface area contributed by atoms with E-state index in [0.29, 0.717) is 35.2 Å². The summed E-state index contributed by atoms with van der Waals surface area (Å²) in [7, 11) is -0.678. The van der Waals surface area contributed by atoms with E-state index in [4.69, 9.17) is 9.47 Å². The van der Waals surface area contributed by atoms with E-state index < -0.39 is 21.5 Å². The van der Waals surface area contributed by atoms with Crippen molar-refractivity contribution in [3.8, 4) is 11.5 Å². The molecule has 10 heteroatoms. The summed E-state index contributed by atoms with van der Waals surface area (Å²) in [5.41, 5.74) is 0.573. The average molecular weight is 492 g/mol. The minimum atomic E-state index is -3.80. The Morgan fingerprint density at radius 2 is 1.61 bits per heavy atom. The molecule has 0 saturated carbocycles. The van der Waals surface area contributed by atoms with Gasteiger partial charge in [0.25, 0.3) is 0 Å². The molecule has 3 aromatic rings. The molecule has 1 heterocycles. The number of carbonyl (C=O) groups excluding carboxylic acids is 1. The molecule has 1 aromatic heterocycles. The topological polar surface area (TPSA) is 89.0 Å². The number of aromatic nitrogens is 1. The van der Waals surface area contributed by atoms with Crippen LogP contribution in [0.2, 0.25) is 0 Å². The number of amides is 1. The summed E-state index contributed by atoms with van der Waals surface area (Å²) >= 11 is 1.28. The molecule has 0 atom stereocenters. The Bertz CT molecular complexity index is 1150. The number of benzene rings is 2. The molecule has 0 fully saturated rings. The van der Waals surface area contributed by atoms with E-state index in [9.17, 15) is 13.2 Å². The van der Waals surface area contributed by atoms with Crippen molar-refractivity contribution >= 4 is 42.4 Å². The second-order valence-corrected chi connectivity index (χ2v) is 10.3. The van der Waals surface area contributed by atoms with Crippen LogP contribution in [-0.4, -0.2) is 70.4 Å². The van der Waals surface area contributed by atoms with E-state index in [-0.39, 0.29) is 4.90 Å². The molecule has 0 bridgehead atoms. The molecule has 2 aromatic carbocycles. The zero-order chi connectivity index (χ0) is 24.0. The van der Waals surface area contributed by atoms with Gasteiger partial charge >= 0.3 is 0 Å². The van der Waals surface area contributed by atoms with Gasteiger partial charge in [-0.05, 0) is 37.4 Å². The third kappa shape index (κ3) is 5.63. The third-order valence-corrected chi connectivity index (χ3v) is 8.09. The number of hydrogen-bond donors (Lipinski definition) is 0. The second-order valence-electron chi connectivity index (χ2n) is 7.29. The number of ether oxygens (including phenoxy) is 2. The smallest absolute Gasteiger partial charge is 0.244 e. The fourth-order valence-corrected chi connectivity index (χ4v) is 5.79. The second kappa shape index (κ2) is 11.0. The number of carbonyl (C=O) groups is 1. The maximum atomic E-state index is 13.3. The summed E-state index contributed by atoms with van der Waals surface area (Å²) in [5.74, 6) is 0.00590. The first-order chi connectivity index (χ1) is 15.8. The lowest BCUT2D eigenvalue weighted by atomic mass is 10.3. The van der Waals surface area contributed by atoms with Crippen LogP contribution in [-0.2, 0) is 14.6 Å². The van der Waals surface area contributed by atoms with Crippen molar-refractivity contribution in [3.63, 3.8) is 0 Å². The Kier molecular flexibility index (Phi) is 8.28.